The first-order chi connectivity index (χ1) is 11.1. The number of anilines is 1. The first kappa shape index (κ1) is 18.2. The molecule has 7 heteroatoms. The lowest BCUT2D eigenvalue weighted by atomic mass is 10.1. The maximum atomic E-state index is 12.5. The number of nitrogens with one attached hydrogen (secondary N) is 1. The van der Waals surface area contributed by atoms with E-state index in [-0.39, 0.29) is 10.6 Å². The van der Waals surface area contributed by atoms with Gasteiger partial charge in [0.2, 0.25) is 10.0 Å². The Hall–Kier alpha value is -2.12. The molecule has 0 aliphatic rings. The summed E-state index contributed by atoms with van der Waals surface area (Å²) in [7, 11) is -6.90. The fraction of sp³-hybridized carbons (Fsp3) is 0.176. The third-order valence-electron chi connectivity index (χ3n) is 3.39. The van der Waals surface area contributed by atoms with Gasteiger partial charge in [0.25, 0.3) is 0 Å². The van der Waals surface area contributed by atoms with Crippen molar-refractivity contribution in [2.75, 3.05) is 11.0 Å². The van der Waals surface area contributed by atoms with Crippen LogP contribution >= 0.6 is 0 Å². The number of benzene rings is 2. The highest BCUT2D eigenvalue weighted by Crippen LogP contribution is 2.23. The van der Waals surface area contributed by atoms with Crippen LogP contribution in [-0.2, 0) is 25.6 Å². The Balaban J connectivity index is 2.35. The van der Waals surface area contributed by atoms with Gasteiger partial charge < -0.3 is 0 Å². The van der Waals surface area contributed by atoms with Crippen LogP contribution in [0.4, 0.5) is 5.69 Å². The number of hydrogen-bond donors (Lipinski definition) is 1. The minimum atomic E-state index is -3.50. The zero-order valence-electron chi connectivity index (χ0n) is 13.5. The highest BCUT2D eigenvalue weighted by Gasteiger charge is 2.17. The van der Waals surface area contributed by atoms with Crippen molar-refractivity contribution in [3.05, 3.63) is 65.7 Å². The van der Waals surface area contributed by atoms with Gasteiger partial charge in [-0.15, -0.1) is 0 Å². The molecule has 0 bridgehead atoms. The monoisotopic (exact) mass is 365 g/mol. The van der Waals surface area contributed by atoms with E-state index in [0.29, 0.717) is 16.8 Å². The molecule has 2 rings (SSSR count). The van der Waals surface area contributed by atoms with Crippen LogP contribution in [0.2, 0.25) is 0 Å². The van der Waals surface area contributed by atoms with Crippen LogP contribution in [0, 0.1) is 6.92 Å². The predicted molar refractivity (Wildman–Crippen MR) is 97.1 cm³/mol. The molecule has 1 N–H and O–H groups in total. The SMILES string of the molecule is C=Cc1cc(NS(C)(=O)=O)ccc1CS(=O)(=O)c1ccc(C)cc1. The molecule has 128 valence electrons. The lowest BCUT2D eigenvalue weighted by Crippen LogP contribution is -2.10. The van der Waals surface area contributed by atoms with Crippen LogP contribution in [-0.4, -0.2) is 23.1 Å². The van der Waals surface area contributed by atoms with E-state index in [9.17, 15) is 16.8 Å². The summed E-state index contributed by atoms with van der Waals surface area (Å²) in [5.74, 6) is -0.184. The van der Waals surface area contributed by atoms with E-state index in [1.807, 2.05) is 6.92 Å². The maximum Gasteiger partial charge on any atom is 0.229 e. The summed E-state index contributed by atoms with van der Waals surface area (Å²) < 4.78 is 50.0. The standard InChI is InChI=1S/C17H19NO4S2/c1-4-14-11-16(18-23(3,19)20)8-7-15(14)12-24(21,22)17-9-5-13(2)6-10-17/h4-11,18H,1,12H2,2-3H3. The van der Waals surface area contributed by atoms with Crippen molar-refractivity contribution in [2.24, 2.45) is 0 Å². The molecule has 2 aromatic carbocycles. The Bertz CT molecular complexity index is 960. The molecule has 0 aromatic heterocycles. The second-order valence-corrected chi connectivity index (χ2v) is 9.30. The van der Waals surface area contributed by atoms with Crippen LogP contribution in [0.15, 0.2) is 53.9 Å². The van der Waals surface area contributed by atoms with E-state index in [2.05, 4.69) is 11.3 Å². The number of rotatable bonds is 6. The third kappa shape index (κ3) is 4.69. The summed E-state index contributed by atoms with van der Waals surface area (Å²) in [5.41, 5.74) is 2.48. The fourth-order valence-electron chi connectivity index (χ4n) is 2.23. The summed E-state index contributed by atoms with van der Waals surface area (Å²) in [6.07, 6.45) is 2.56. The molecule has 0 saturated carbocycles. The molecule has 0 unspecified atom stereocenters. The maximum absolute atomic E-state index is 12.5. The molecular formula is C17H19NO4S2. The van der Waals surface area contributed by atoms with Crippen molar-refractivity contribution < 1.29 is 16.8 Å². The third-order valence-corrected chi connectivity index (χ3v) is 5.68. The van der Waals surface area contributed by atoms with Gasteiger partial charge >= 0.3 is 0 Å². The summed E-state index contributed by atoms with van der Waals surface area (Å²) in [6, 6.07) is 11.4. The van der Waals surface area contributed by atoms with E-state index in [0.717, 1.165) is 11.8 Å². The topological polar surface area (TPSA) is 80.3 Å². The van der Waals surface area contributed by atoms with E-state index in [1.165, 1.54) is 12.1 Å². The molecule has 0 radical (unpaired) electrons. The summed E-state index contributed by atoms with van der Waals surface area (Å²) >= 11 is 0. The molecule has 0 amide bonds. The van der Waals surface area contributed by atoms with Gasteiger partial charge in [0, 0.05) is 5.69 Å². The van der Waals surface area contributed by atoms with Crippen molar-refractivity contribution in [3.8, 4) is 0 Å². The summed E-state index contributed by atoms with van der Waals surface area (Å²) in [6.45, 7) is 5.56. The van der Waals surface area contributed by atoms with E-state index in [1.54, 1.807) is 36.4 Å². The summed E-state index contributed by atoms with van der Waals surface area (Å²) in [4.78, 5) is 0.251. The lowest BCUT2D eigenvalue weighted by molar-refractivity contribution is 0.595. The van der Waals surface area contributed by atoms with Gasteiger partial charge in [-0.05, 0) is 42.3 Å². The normalized spacial score (nSPS) is 11.9. The van der Waals surface area contributed by atoms with Crippen molar-refractivity contribution in [2.45, 2.75) is 17.6 Å². The molecule has 0 atom stereocenters. The number of sulfone groups is 1. The molecule has 0 fully saturated rings. The average Bonchev–Trinajstić information content (AvgIpc) is 2.47. The predicted octanol–water partition coefficient (Wildman–Crippen LogP) is 2.98. The second kappa shape index (κ2) is 6.78. The minimum absolute atomic E-state index is 0.184. The molecule has 0 spiro atoms. The van der Waals surface area contributed by atoms with Gasteiger partial charge in [-0.25, -0.2) is 16.8 Å². The zero-order valence-corrected chi connectivity index (χ0v) is 15.1. The number of aryl methyl sites for hydroxylation is 1. The molecule has 0 heterocycles. The Morgan fingerprint density at radius 3 is 2.21 bits per heavy atom. The molecule has 0 saturated heterocycles. The molecule has 0 aliphatic carbocycles. The zero-order chi connectivity index (χ0) is 18.0. The van der Waals surface area contributed by atoms with Crippen LogP contribution < -0.4 is 4.72 Å². The van der Waals surface area contributed by atoms with Crippen molar-refractivity contribution >= 4 is 31.6 Å². The lowest BCUT2D eigenvalue weighted by Gasteiger charge is -2.11. The first-order valence-electron chi connectivity index (χ1n) is 7.13. The van der Waals surface area contributed by atoms with Crippen LogP contribution in [0.3, 0.4) is 0 Å². The molecule has 5 nitrogen and oxygen atoms in total. The minimum Gasteiger partial charge on any atom is -0.284 e. The van der Waals surface area contributed by atoms with Gasteiger partial charge in [-0.1, -0.05) is 36.4 Å². The van der Waals surface area contributed by atoms with Crippen LogP contribution in [0.1, 0.15) is 16.7 Å². The van der Waals surface area contributed by atoms with E-state index < -0.39 is 19.9 Å². The van der Waals surface area contributed by atoms with Crippen LogP contribution in [0.5, 0.6) is 0 Å². The Labute approximate surface area is 143 Å². The largest absolute Gasteiger partial charge is 0.284 e. The number of sulfonamides is 1. The Morgan fingerprint density at radius 1 is 1.04 bits per heavy atom. The molecular weight excluding hydrogens is 346 g/mol. The summed E-state index contributed by atoms with van der Waals surface area (Å²) in [5, 5.41) is 0. The first-order valence-corrected chi connectivity index (χ1v) is 10.7. The molecule has 24 heavy (non-hydrogen) atoms. The fourth-order valence-corrected chi connectivity index (χ4v) is 4.17. The van der Waals surface area contributed by atoms with E-state index >= 15 is 0 Å². The smallest absolute Gasteiger partial charge is 0.229 e. The molecule has 2 aromatic rings. The average molecular weight is 365 g/mol. The van der Waals surface area contributed by atoms with Gasteiger partial charge in [-0.3, -0.25) is 4.72 Å². The van der Waals surface area contributed by atoms with E-state index in [4.69, 9.17) is 0 Å². The molecule has 0 aliphatic heterocycles. The van der Waals surface area contributed by atoms with Gasteiger partial charge in [0.05, 0.1) is 16.9 Å². The van der Waals surface area contributed by atoms with Crippen molar-refractivity contribution in [1.82, 2.24) is 0 Å². The van der Waals surface area contributed by atoms with Crippen LogP contribution in [0.25, 0.3) is 6.08 Å². The number of hydrogen-bond acceptors (Lipinski definition) is 4. The quantitative estimate of drug-likeness (QED) is 0.853. The van der Waals surface area contributed by atoms with Gasteiger partial charge in [0.1, 0.15) is 0 Å². The highest BCUT2D eigenvalue weighted by atomic mass is 32.2. The van der Waals surface area contributed by atoms with Crippen molar-refractivity contribution in [3.63, 3.8) is 0 Å². The van der Waals surface area contributed by atoms with Crippen molar-refractivity contribution in [1.29, 1.82) is 0 Å². The Kier molecular flexibility index (Phi) is 5.15. The second-order valence-electron chi connectivity index (χ2n) is 5.56. The highest BCUT2D eigenvalue weighted by molar-refractivity contribution is 7.92. The Morgan fingerprint density at radius 2 is 1.67 bits per heavy atom. The van der Waals surface area contributed by atoms with Gasteiger partial charge in [-0.2, -0.15) is 0 Å². The van der Waals surface area contributed by atoms with Gasteiger partial charge in [0.15, 0.2) is 9.84 Å².